The Bertz CT molecular complexity index is 515. The van der Waals surface area contributed by atoms with E-state index >= 15 is 0 Å². The van der Waals surface area contributed by atoms with Gasteiger partial charge in [-0.25, -0.2) is 0 Å². The van der Waals surface area contributed by atoms with Crippen molar-refractivity contribution in [3.8, 4) is 5.75 Å². The highest BCUT2D eigenvalue weighted by molar-refractivity contribution is 5.43. The van der Waals surface area contributed by atoms with Crippen LogP contribution in [0.25, 0.3) is 0 Å². The summed E-state index contributed by atoms with van der Waals surface area (Å²) in [5.41, 5.74) is 2.89. The monoisotopic (exact) mass is 240 g/mol. The van der Waals surface area contributed by atoms with E-state index in [4.69, 9.17) is 4.74 Å². The zero-order valence-corrected chi connectivity index (χ0v) is 10.6. The van der Waals surface area contributed by atoms with Crippen LogP contribution in [0.2, 0.25) is 0 Å². The van der Waals surface area contributed by atoms with Gasteiger partial charge in [-0.3, -0.25) is 0 Å². The number of hydrogen-bond donors (Lipinski definition) is 0. The lowest BCUT2D eigenvalue weighted by Gasteiger charge is -2.01. The molecule has 0 amide bonds. The molecule has 0 saturated carbocycles. The highest BCUT2D eigenvalue weighted by atomic mass is 16.5. The minimum Gasteiger partial charge on any atom is -0.494 e. The molecular formula is C15H16N2O. The molecule has 3 nitrogen and oxygen atoms in total. The van der Waals surface area contributed by atoms with Crippen molar-refractivity contribution >= 4 is 11.4 Å². The van der Waals surface area contributed by atoms with Crippen LogP contribution in [0.4, 0.5) is 11.4 Å². The van der Waals surface area contributed by atoms with E-state index < -0.39 is 0 Å². The summed E-state index contributed by atoms with van der Waals surface area (Å²) >= 11 is 0. The average molecular weight is 240 g/mol. The summed E-state index contributed by atoms with van der Waals surface area (Å²) in [6.45, 7) is 4.68. The molecule has 0 spiro atoms. The van der Waals surface area contributed by atoms with E-state index in [0.29, 0.717) is 6.61 Å². The Morgan fingerprint density at radius 3 is 1.83 bits per heavy atom. The molecule has 2 aromatic rings. The van der Waals surface area contributed by atoms with Gasteiger partial charge >= 0.3 is 0 Å². The molecule has 0 aliphatic rings. The maximum absolute atomic E-state index is 5.36. The Hall–Kier alpha value is -2.16. The second-order valence-electron chi connectivity index (χ2n) is 3.96. The van der Waals surface area contributed by atoms with Crippen LogP contribution in [0.3, 0.4) is 0 Å². The number of aryl methyl sites for hydroxylation is 1. The van der Waals surface area contributed by atoms with E-state index in [-0.39, 0.29) is 0 Å². The average Bonchev–Trinajstić information content (AvgIpc) is 2.40. The molecule has 0 aromatic heterocycles. The first-order valence-corrected chi connectivity index (χ1v) is 5.99. The standard InChI is InChI=1S/C15H16N2O/c1-3-18-15-10-8-14(9-11-15)17-16-13-6-4-12(2)5-7-13/h4-11H,3H2,1-2H3. The van der Waals surface area contributed by atoms with Crippen molar-refractivity contribution < 1.29 is 4.74 Å². The predicted molar refractivity (Wildman–Crippen MR) is 73.0 cm³/mol. The topological polar surface area (TPSA) is 34.0 Å². The Morgan fingerprint density at radius 1 is 0.833 bits per heavy atom. The van der Waals surface area contributed by atoms with Crippen molar-refractivity contribution in [2.24, 2.45) is 10.2 Å². The number of hydrogen-bond acceptors (Lipinski definition) is 3. The first-order valence-electron chi connectivity index (χ1n) is 5.99. The summed E-state index contributed by atoms with van der Waals surface area (Å²) in [6, 6.07) is 15.5. The number of nitrogens with zero attached hydrogens (tertiary/aromatic N) is 2. The van der Waals surface area contributed by atoms with Gasteiger partial charge in [0, 0.05) is 0 Å². The number of ether oxygens (including phenoxy) is 1. The molecule has 2 rings (SSSR count). The smallest absolute Gasteiger partial charge is 0.119 e. The number of benzene rings is 2. The molecular weight excluding hydrogens is 224 g/mol. The third kappa shape index (κ3) is 3.42. The van der Waals surface area contributed by atoms with Gasteiger partial charge in [0.05, 0.1) is 18.0 Å². The highest BCUT2D eigenvalue weighted by Gasteiger charge is 1.93. The fourth-order valence-corrected chi connectivity index (χ4v) is 1.50. The first kappa shape index (κ1) is 12.3. The number of rotatable bonds is 4. The fourth-order valence-electron chi connectivity index (χ4n) is 1.50. The summed E-state index contributed by atoms with van der Waals surface area (Å²) in [5.74, 6) is 0.854. The van der Waals surface area contributed by atoms with Gasteiger partial charge < -0.3 is 4.74 Å². The lowest BCUT2D eigenvalue weighted by atomic mass is 10.2. The minimum atomic E-state index is 0.671. The molecule has 0 aliphatic carbocycles. The van der Waals surface area contributed by atoms with Crippen molar-refractivity contribution in [3.05, 3.63) is 54.1 Å². The molecule has 0 atom stereocenters. The van der Waals surface area contributed by atoms with Gasteiger partial charge in [0.15, 0.2) is 0 Å². The zero-order valence-electron chi connectivity index (χ0n) is 10.6. The second-order valence-corrected chi connectivity index (χ2v) is 3.96. The maximum atomic E-state index is 5.36. The van der Waals surface area contributed by atoms with E-state index in [1.807, 2.05) is 62.4 Å². The van der Waals surface area contributed by atoms with Gasteiger partial charge in [-0.2, -0.15) is 10.2 Å². The fraction of sp³-hybridized carbons (Fsp3) is 0.200. The molecule has 0 N–H and O–H groups in total. The number of azo groups is 1. The van der Waals surface area contributed by atoms with E-state index in [9.17, 15) is 0 Å². The molecule has 0 radical (unpaired) electrons. The van der Waals surface area contributed by atoms with Crippen LogP contribution in [-0.2, 0) is 0 Å². The Kier molecular flexibility index (Phi) is 4.07. The minimum absolute atomic E-state index is 0.671. The second kappa shape index (κ2) is 5.96. The van der Waals surface area contributed by atoms with Crippen molar-refractivity contribution in [3.63, 3.8) is 0 Å². The molecule has 0 saturated heterocycles. The summed E-state index contributed by atoms with van der Waals surface area (Å²) < 4.78 is 5.36. The third-order valence-electron chi connectivity index (χ3n) is 2.46. The normalized spacial score (nSPS) is 10.8. The van der Waals surface area contributed by atoms with Crippen LogP contribution in [0.15, 0.2) is 58.8 Å². The summed E-state index contributed by atoms with van der Waals surface area (Å²) in [7, 11) is 0. The molecule has 3 heteroatoms. The predicted octanol–water partition coefficient (Wildman–Crippen LogP) is 4.81. The maximum Gasteiger partial charge on any atom is 0.119 e. The van der Waals surface area contributed by atoms with Gasteiger partial charge in [0.1, 0.15) is 5.75 Å². The summed E-state index contributed by atoms with van der Waals surface area (Å²) in [5, 5.41) is 8.35. The first-order chi connectivity index (χ1) is 8.78. The Morgan fingerprint density at radius 2 is 1.33 bits per heavy atom. The van der Waals surface area contributed by atoms with Crippen LogP contribution >= 0.6 is 0 Å². The molecule has 0 heterocycles. The SMILES string of the molecule is CCOc1ccc(N=Nc2ccc(C)cc2)cc1. The molecule has 0 fully saturated rings. The van der Waals surface area contributed by atoms with E-state index in [0.717, 1.165) is 17.1 Å². The third-order valence-corrected chi connectivity index (χ3v) is 2.46. The molecule has 92 valence electrons. The quantitative estimate of drug-likeness (QED) is 0.706. The van der Waals surface area contributed by atoms with Crippen molar-refractivity contribution in [2.75, 3.05) is 6.61 Å². The molecule has 2 aromatic carbocycles. The van der Waals surface area contributed by atoms with Gasteiger partial charge in [-0.15, -0.1) is 0 Å². The Balaban J connectivity index is 2.06. The van der Waals surface area contributed by atoms with Gasteiger partial charge in [0.25, 0.3) is 0 Å². The van der Waals surface area contributed by atoms with Crippen LogP contribution in [-0.4, -0.2) is 6.61 Å². The molecule has 0 unspecified atom stereocenters. The van der Waals surface area contributed by atoms with E-state index in [1.165, 1.54) is 5.56 Å². The lowest BCUT2D eigenvalue weighted by Crippen LogP contribution is -1.89. The summed E-state index contributed by atoms with van der Waals surface area (Å²) in [4.78, 5) is 0. The molecule has 18 heavy (non-hydrogen) atoms. The highest BCUT2D eigenvalue weighted by Crippen LogP contribution is 2.21. The Labute approximate surface area is 107 Å². The van der Waals surface area contributed by atoms with E-state index in [2.05, 4.69) is 10.2 Å². The van der Waals surface area contributed by atoms with Crippen LogP contribution in [0.1, 0.15) is 12.5 Å². The molecule has 0 bridgehead atoms. The molecule has 0 aliphatic heterocycles. The lowest BCUT2D eigenvalue weighted by molar-refractivity contribution is 0.340. The van der Waals surface area contributed by atoms with Crippen molar-refractivity contribution in [1.29, 1.82) is 0 Å². The van der Waals surface area contributed by atoms with Gasteiger partial charge in [-0.05, 0) is 50.2 Å². The van der Waals surface area contributed by atoms with Crippen molar-refractivity contribution in [1.82, 2.24) is 0 Å². The van der Waals surface area contributed by atoms with Gasteiger partial charge in [-0.1, -0.05) is 17.7 Å². The van der Waals surface area contributed by atoms with Crippen molar-refractivity contribution in [2.45, 2.75) is 13.8 Å². The zero-order chi connectivity index (χ0) is 12.8. The van der Waals surface area contributed by atoms with Gasteiger partial charge in [0.2, 0.25) is 0 Å². The van der Waals surface area contributed by atoms with Crippen LogP contribution in [0, 0.1) is 6.92 Å². The van der Waals surface area contributed by atoms with E-state index in [1.54, 1.807) is 0 Å². The van der Waals surface area contributed by atoms with Crippen LogP contribution < -0.4 is 4.74 Å². The largest absolute Gasteiger partial charge is 0.494 e. The van der Waals surface area contributed by atoms with Crippen LogP contribution in [0.5, 0.6) is 5.75 Å². The summed E-state index contributed by atoms with van der Waals surface area (Å²) in [6.07, 6.45) is 0.